The third kappa shape index (κ3) is 3.49. The molecule has 118 valence electrons. The molecule has 0 aliphatic carbocycles. The average Bonchev–Trinajstić information content (AvgIpc) is 3.19. The quantitative estimate of drug-likeness (QED) is 0.844. The molecule has 0 N–H and O–H groups in total. The van der Waals surface area contributed by atoms with Crippen molar-refractivity contribution in [3.05, 3.63) is 52.9 Å². The number of ether oxygens (including phenoxy) is 1. The van der Waals surface area contributed by atoms with Crippen LogP contribution in [0.25, 0.3) is 0 Å². The largest absolute Gasteiger partial charge is 0.480 e. The fourth-order valence-electron chi connectivity index (χ4n) is 2.60. The van der Waals surface area contributed by atoms with E-state index < -0.39 is 6.10 Å². The van der Waals surface area contributed by atoms with Crippen molar-refractivity contribution in [1.82, 2.24) is 4.90 Å². The Labute approximate surface area is 139 Å². The lowest BCUT2D eigenvalue weighted by atomic mass is 10.1. The predicted molar refractivity (Wildman–Crippen MR) is 83.9 cm³/mol. The highest BCUT2D eigenvalue weighted by atomic mass is 35.5. The van der Waals surface area contributed by atoms with Crippen LogP contribution in [0.4, 0.5) is 0 Å². The molecule has 0 saturated carbocycles. The van der Waals surface area contributed by atoms with Gasteiger partial charge in [-0.3, -0.25) is 4.79 Å². The highest BCUT2D eigenvalue weighted by Gasteiger charge is 2.32. The first-order valence-corrected chi connectivity index (χ1v) is 7.68. The first-order chi connectivity index (χ1) is 11.2. The van der Waals surface area contributed by atoms with Crippen LogP contribution in [0.5, 0.6) is 5.75 Å². The van der Waals surface area contributed by atoms with Gasteiger partial charge in [0.2, 0.25) is 0 Å². The molecule has 0 bridgehead atoms. The Balaban J connectivity index is 1.72. The number of carbonyl (C=O) groups is 1. The fourth-order valence-corrected chi connectivity index (χ4v) is 2.80. The van der Waals surface area contributed by atoms with Crippen LogP contribution >= 0.6 is 11.6 Å². The van der Waals surface area contributed by atoms with Gasteiger partial charge in [0, 0.05) is 18.0 Å². The molecule has 6 heteroatoms. The molecular formula is C17H15ClN2O3. The van der Waals surface area contributed by atoms with Crippen LogP contribution in [0.1, 0.15) is 17.7 Å². The molecule has 2 heterocycles. The zero-order valence-corrected chi connectivity index (χ0v) is 13.1. The van der Waals surface area contributed by atoms with Crippen molar-refractivity contribution in [1.29, 1.82) is 5.26 Å². The molecule has 2 aromatic rings. The standard InChI is InChI=1S/C17H15ClN2O3/c18-13-4-5-15-12(9-13)10-16(23-15)17(21)20(7-2-6-19)11-14-3-1-8-22-14/h1,3-5,8-9,16H,2,7,10-11H2/t16-/m0/s1. The molecule has 1 aromatic heterocycles. The maximum Gasteiger partial charge on any atom is 0.264 e. The molecule has 23 heavy (non-hydrogen) atoms. The average molecular weight is 331 g/mol. The lowest BCUT2D eigenvalue weighted by Gasteiger charge is -2.23. The summed E-state index contributed by atoms with van der Waals surface area (Å²) in [6.45, 7) is 0.664. The van der Waals surface area contributed by atoms with E-state index in [9.17, 15) is 4.79 Å². The number of nitrogens with zero attached hydrogens (tertiary/aromatic N) is 2. The molecule has 0 radical (unpaired) electrons. The van der Waals surface area contributed by atoms with E-state index in [1.165, 1.54) is 0 Å². The van der Waals surface area contributed by atoms with Gasteiger partial charge in [0.1, 0.15) is 11.5 Å². The number of amides is 1. The third-order valence-corrected chi connectivity index (χ3v) is 3.94. The normalized spacial score (nSPS) is 15.6. The van der Waals surface area contributed by atoms with Gasteiger partial charge in [0.25, 0.3) is 5.91 Å². The Morgan fingerprint density at radius 1 is 1.43 bits per heavy atom. The van der Waals surface area contributed by atoms with Gasteiger partial charge in [-0.2, -0.15) is 5.26 Å². The summed E-state index contributed by atoms with van der Waals surface area (Å²) in [4.78, 5) is 14.3. The van der Waals surface area contributed by atoms with E-state index in [0.717, 1.165) is 5.56 Å². The van der Waals surface area contributed by atoms with E-state index in [1.807, 2.05) is 6.07 Å². The second-order valence-corrected chi connectivity index (χ2v) is 5.75. The lowest BCUT2D eigenvalue weighted by molar-refractivity contribution is -0.138. The van der Waals surface area contributed by atoms with E-state index in [0.29, 0.717) is 36.0 Å². The van der Waals surface area contributed by atoms with E-state index in [2.05, 4.69) is 6.07 Å². The zero-order chi connectivity index (χ0) is 16.2. The Bertz CT molecular complexity index is 737. The van der Waals surface area contributed by atoms with Crippen LogP contribution in [0.3, 0.4) is 0 Å². The number of carbonyl (C=O) groups excluding carboxylic acids is 1. The third-order valence-electron chi connectivity index (χ3n) is 3.70. The van der Waals surface area contributed by atoms with Crippen LogP contribution in [-0.2, 0) is 17.8 Å². The molecule has 0 spiro atoms. The van der Waals surface area contributed by atoms with Crippen molar-refractivity contribution in [3.8, 4) is 11.8 Å². The van der Waals surface area contributed by atoms with E-state index in [-0.39, 0.29) is 12.3 Å². The van der Waals surface area contributed by atoms with Crippen molar-refractivity contribution < 1.29 is 13.9 Å². The molecule has 1 atom stereocenters. The molecular weight excluding hydrogens is 316 g/mol. The van der Waals surface area contributed by atoms with Gasteiger partial charge in [-0.05, 0) is 35.9 Å². The SMILES string of the molecule is N#CCCN(Cc1ccco1)C(=O)[C@@H]1Cc2cc(Cl)ccc2O1. The van der Waals surface area contributed by atoms with Crippen molar-refractivity contribution in [2.75, 3.05) is 6.54 Å². The second-order valence-electron chi connectivity index (χ2n) is 5.31. The molecule has 1 aliphatic rings. The molecule has 3 rings (SSSR count). The minimum atomic E-state index is -0.586. The van der Waals surface area contributed by atoms with E-state index >= 15 is 0 Å². The topological polar surface area (TPSA) is 66.5 Å². The first kappa shape index (κ1) is 15.4. The van der Waals surface area contributed by atoms with Crippen molar-refractivity contribution in [2.45, 2.75) is 25.5 Å². The summed E-state index contributed by atoms with van der Waals surface area (Å²) >= 11 is 5.98. The van der Waals surface area contributed by atoms with Gasteiger partial charge < -0.3 is 14.1 Å². The number of furan rings is 1. The minimum Gasteiger partial charge on any atom is -0.480 e. The second kappa shape index (κ2) is 6.76. The fraction of sp³-hybridized carbons (Fsp3) is 0.294. The molecule has 0 fully saturated rings. The van der Waals surface area contributed by atoms with Gasteiger partial charge in [-0.1, -0.05) is 11.6 Å². The maximum atomic E-state index is 12.7. The van der Waals surface area contributed by atoms with Crippen LogP contribution in [0.2, 0.25) is 5.02 Å². The molecule has 0 unspecified atom stereocenters. The number of hydrogen-bond donors (Lipinski definition) is 0. The predicted octanol–water partition coefficient (Wildman–Crippen LogP) is 3.18. The Kier molecular flexibility index (Phi) is 4.54. The Morgan fingerprint density at radius 3 is 3.04 bits per heavy atom. The van der Waals surface area contributed by atoms with Crippen molar-refractivity contribution >= 4 is 17.5 Å². The van der Waals surface area contributed by atoms with Gasteiger partial charge in [0.15, 0.2) is 6.10 Å². The monoisotopic (exact) mass is 330 g/mol. The summed E-state index contributed by atoms with van der Waals surface area (Å²) in [5, 5.41) is 9.43. The number of nitriles is 1. The van der Waals surface area contributed by atoms with Crippen molar-refractivity contribution in [3.63, 3.8) is 0 Å². The molecule has 0 saturated heterocycles. The van der Waals surface area contributed by atoms with Gasteiger partial charge in [-0.15, -0.1) is 0 Å². The maximum absolute atomic E-state index is 12.7. The van der Waals surface area contributed by atoms with E-state index in [4.69, 9.17) is 26.0 Å². The summed E-state index contributed by atoms with van der Waals surface area (Å²) in [5.74, 6) is 1.21. The van der Waals surface area contributed by atoms with Crippen LogP contribution in [-0.4, -0.2) is 23.5 Å². The first-order valence-electron chi connectivity index (χ1n) is 7.30. The summed E-state index contributed by atoms with van der Waals surface area (Å²) in [6, 6.07) is 11.0. The summed E-state index contributed by atoms with van der Waals surface area (Å²) < 4.78 is 11.0. The summed E-state index contributed by atoms with van der Waals surface area (Å²) in [7, 11) is 0. The number of halogens is 1. The van der Waals surface area contributed by atoms with Crippen LogP contribution in [0.15, 0.2) is 41.0 Å². The zero-order valence-electron chi connectivity index (χ0n) is 12.4. The van der Waals surface area contributed by atoms with Gasteiger partial charge >= 0.3 is 0 Å². The van der Waals surface area contributed by atoms with Gasteiger partial charge in [0.05, 0.1) is 25.3 Å². The van der Waals surface area contributed by atoms with Crippen molar-refractivity contribution in [2.24, 2.45) is 0 Å². The smallest absolute Gasteiger partial charge is 0.264 e. The number of benzene rings is 1. The lowest BCUT2D eigenvalue weighted by Crippen LogP contribution is -2.41. The number of fused-ring (bicyclic) bond motifs is 1. The Hall–Kier alpha value is -2.45. The van der Waals surface area contributed by atoms with Gasteiger partial charge in [-0.25, -0.2) is 0 Å². The minimum absolute atomic E-state index is 0.149. The number of rotatable bonds is 5. The highest BCUT2D eigenvalue weighted by molar-refractivity contribution is 6.30. The van der Waals surface area contributed by atoms with Crippen LogP contribution in [0, 0.1) is 11.3 Å². The molecule has 1 aromatic carbocycles. The van der Waals surface area contributed by atoms with Crippen LogP contribution < -0.4 is 4.74 Å². The summed E-state index contributed by atoms with van der Waals surface area (Å²) in [5.41, 5.74) is 0.925. The van der Waals surface area contributed by atoms with E-state index in [1.54, 1.807) is 35.4 Å². The number of hydrogen-bond acceptors (Lipinski definition) is 4. The molecule has 1 amide bonds. The highest BCUT2D eigenvalue weighted by Crippen LogP contribution is 2.31. The molecule has 1 aliphatic heterocycles. The summed E-state index contributed by atoms with van der Waals surface area (Å²) in [6.07, 6.45) is 1.72. The Morgan fingerprint density at radius 2 is 2.30 bits per heavy atom. The molecule has 5 nitrogen and oxygen atoms in total.